The summed E-state index contributed by atoms with van der Waals surface area (Å²) in [5.41, 5.74) is 3.77. The lowest BCUT2D eigenvalue weighted by Crippen LogP contribution is -2.21. The van der Waals surface area contributed by atoms with Crippen LogP contribution in [0.3, 0.4) is 0 Å². The van der Waals surface area contributed by atoms with Gasteiger partial charge in [0.05, 0.1) is 6.54 Å². The van der Waals surface area contributed by atoms with Gasteiger partial charge in [-0.15, -0.1) is 0 Å². The van der Waals surface area contributed by atoms with E-state index in [1.165, 1.54) is 0 Å². The second kappa shape index (κ2) is 11.4. The van der Waals surface area contributed by atoms with Gasteiger partial charge in [-0.3, -0.25) is 14.6 Å². The topological polar surface area (TPSA) is 97.1 Å². The van der Waals surface area contributed by atoms with Crippen LogP contribution in [0.25, 0.3) is 11.5 Å². The highest BCUT2D eigenvalue weighted by molar-refractivity contribution is 5.94. The first-order valence-corrected chi connectivity index (χ1v) is 11.2. The minimum atomic E-state index is -0.395. The van der Waals surface area contributed by atoms with Gasteiger partial charge in [-0.05, 0) is 55.3 Å². The molecule has 7 nitrogen and oxygen atoms in total. The van der Waals surface area contributed by atoms with E-state index >= 15 is 0 Å². The number of carbonyl (C=O) groups excluding carboxylic acids is 2. The smallest absolute Gasteiger partial charge is 0.296 e. The SMILES string of the molecule is Cc1oc(-c2cccc(NC(=O)CCc3cccnc3)c2)nc1CNC(=O)C#Cc1ccccc1. The van der Waals surface area contributed by atoms with Gasteiger partial charge in [0.1, 0.15) is 11.5 Å². The Kier molecular flexibility index (Phi) is 7.66. The van der Waals surface area contributed by atoms with Crippen molar-refractivity contribution in [2.24, 2.45) is 0 Å². The molecule has 7 heteroatoms. The van der Waals surface area contributed by atoms with E-state index in [9.17, 15) is 9.59 Å². The summed E-state index contributed by atoms with van der Waals surface area (Å²) < 4.78 is 5.81. The number of hydrogen-bond acceptors (Lipinski definition) is 5. The van der Waals surface area contributed by atoms with Crippen LogP contribution in [0.5, 0.6) is 0 Å². The van der Waals surface area contributed by atoms with Crippen molar-refractivity contribution in [3.63, 3.8) is 0 Å². The fourth-order valence-electron chi connectivity index (χ4n) is 3.33. The van der Waals surface area contributed by atoms with Gasteiger partial charge >= 0.3 is 0 Å². The molecule has 0 aliphatic carbocycles. The average molecular weight is 465 g/mol. The normalized spacial score (nSPS) is 10.2. The average Bonchev–Trinajstić information content (AvgIpc) is 3.27. The Morgan fingerprint density at radius 3 is 2.69 bits per heavy atom. The second-order valence-corrected chi connectivity index (χ2v) is 7.81. The zero-order valence-electron chi connectivity index (χ0n) is 19.2. The summed E-state index contributed by atoms with van der Waals surface area (Å²) in [6.45, 7) is 1.99. The van der Waals surface area contributed by atoms with Crippen molar-refractivity contribution in [2.75, 3.05) is 5.32 Å². The number of rotatable bonds is 7. The van der Waals surface area contributed by atoms with Crippen LogP contribution in [0.2, 0.25) is 0 Å². The number of oxazole rings is 1. The fourth-order valence-corrected chi connectivity index (χ4v) is 3.33. The number of hydrogen-bond donors (Lipinski definition) is 2. The summed E-state index contributed by atoms with van der Waals surface area (Å²) in [5, 5.41) is 5.65. The molecule has 4 aromatic rings. The molecular formula is C28H24N4O3. The number of nitrogens with one attached hydrogen (secondary N) is 2. The fraction of sp³-hybridized carbons (Fsp3) is 0.143. The van der Waals surface area contributed by atoms with E-state index in [1.807, 2.05) is 60.7 Å². The van der Waals surface area contributed by atoms with Crippen molar-refractivity contribution < 1.29 is 14.0 Å². The summed E-state index contributed by atoms with van der Waals surface area (Å²) in [7, 11) is 0. The highest BCUT2D eigenvalue weighted by atomic mass is 16.4. The van der Waals surface area contributed by atoms with Gasteiger partial charge in [0.15, 0.2) is 0 Å². The predicted molar refractivity (Wildman–Crippen MR) is 133 cm³/mol. The van der Waals surface area contributed by atoms with Crippen molar-refractivity contribution in [1.29, 1.82) is 0 Å². The maximum absolute atomic E-state index is 12.4. The van der Waals surface area contributed by atoms with Crippen LogP contribution in [-0.2, 0) is 22.6 Å². The van der Waals surface area contributed by atoms with E-state index in [1.54, 1.807) is 25.4 Å². The number of aryl methyl sites for hydroxylation is 2. The monoisotopic (exact) mass is 464 g/mol. The number of amides is 2. The van der Waals surface area contributed by atoms with Gasteiger partial charge in [-0.1, -0.05) is 36.3 Å². The summed E-state index contributed by atoms with van der Waals surface area (Å²) in [6, 6.07) is 20.4. The number of benzene rings is 2. The van der Waals surface area contributed by atoms with Crippen LogP contribution in [-0.4, -0.2) is 21.8 Å². The molecule has 0 aliphatic rings. The van der Waals surface area contributed by atoms with Crippen LogP contribution in [0.4, 0.5) is 5.69 Å². The second-order valence-electron chi connectivity index (χ2n) is 7.81. The molecule has 0 saturated heterocycles. The number of nitrogens with zero attached hydrogens (tertiary/aromatic N) is 2. The van der Waals surface area contributed by atoms with Gasteiger partial charge in [0.25, 0.3) is 5.91 Å². The first-order chi connectivity index (χ1) is 17.1. The molecule has 2 aromatic carbocycles. The van der Waals surface area contributed by atoms with Crippen LogP contribution >= 0.6 is 0 Å². The minimum Gasteiger partial charge on any atom is -0.441 e. The molecule has 35 heavy (non-hydrogen) atoms. The molecule has 2 N–H and O–H groups in total. The van der Waals surface area contributed by atoms with Crippen molar-refractivity contribution in [3.8, 4) is 23.3 Å². The number of pyridine rings is 1. The summed E-state index contributed by atoms with van der Waals surface area (Å²) in [6.07, 6.45) is 4.43. The molecule has 0 unspecified atom stereocenters. The number of aromatic nitrogens is 2. The first-order valence-electron chi connectivity index (χ1n) is 11.2. The van der Waals surface area contributed by atoms with Crippen molar-refractivity contribution in [1.82, 2.24) is 15.3 Å². The zero-order valence-corrected chi connectivity index (χ0v) is 19.2. The highest BCUT2D eigenvalue weighted by Gasteiger charge is 2.13. The van der Waals surface area contributed by atoms with Crippen LogP contribution < -0.4 is 10.6 Å². The third-order valence-corrected chi connectivity index (χ3v) is 5.16. The highest BCUT2D eigenvalue weighted by Crippen LogP contribution is 2.24. The Bertz CT molecular complexity index is 1370. The van der Waals surface area contributed by atoms with Crippen molar-refractivity contribution >= 4 is 17.5 Å². The van der Waals surface area contributed by atoms with Crippen molar-refractivity contribution in [3.05, 3.63) is 102 Å². The molecule has 4 rings (SSSR count). The van der Waals surface area contributed by atoms with Crippen LogP contribution in [0.15, 0.2) is 83.5 Å². The quantitative estimate of drug-likeness (QED) is 0.398. The molecule has 0 spiro atoms. The maximum atomic E-state index is 12.4. The van der Waals surface area contributed by atoms with E-state index in [2.05, 4.69) is 32.4 Å². The van der Waals surface area contributed by atoms with E-state index in [0.29, 0.717) is 35.9 Å². The first kappa shape index (κ1) is 23.5. The molecule has 0 atom stereocenters. The van der Waals surface area contributed by atoms with Gasteiger partial charge in [-0.2, -0.15) is 0 Å². The number of anilines is 1. The molecule has 0 fully saturated rings. The zero-order chi connectivity index (χ0) is 24.5. The molecule has 0 radical (unpaired) electrons. The Hall–Kier alpha value is -4.70. The standard InChI is InChI=1S/C28H24N4O3/c1-20-25(19-30-26(33)14-12-21-7-3-2-4-8-21)32-28(35-20)23-10-5-11-24(17-23)31-27(34)15-13-22-9-6-16-29-18-22/h2-11,16-18H,13,15,19H2,1H3,(H,30,33)(H,31,34). The largest absolute Gasteiger partial charge is 0.441 e. The lowest BCUT2D eigenvalue weighted by atomic mass is 10.1. The summed E-state index contributed by atoms with van der Waals surface area (Å²) >= 11 is 0. The lowest BCUT2D eigenvalue weighted by molar-refractivity contribution is -0.116. The molecule has 2 amide bonds. The molecular weight excluding hydrogens is 440 g/mol. The maximum Gasteiger partial charge on any atom is 0.296 e. The van der Waals surface area contributed by atoms with Crippen LogP contribution in [0, 0.1) is 18.8 Å². The molecule has 2 aromatic heterocycles. The Morgan fingerprint density at radius 2 is 1.89 bits per heavy atom. The molecule has 0 aliphatic heterocycles. The Balaban J connectivity index is 1.35. The minimum absolute atomic E-state index is 0.0883. The predicted octanol–water partition coefficient (Wildman–Crippen LogP) is 4.28. The molecule has 0 bridgehead atoms. The van der Waals surface area contributed by atoms with E-state index in [0.717, 1.165) is 16.7 Å². The Morgan fingerprint density at radius 1 is 1.03 bits per heavy atom. The molecule has 174 valence electrons. The third kappa shape index (κ3) is 6.89. The lowest BCUT2D eigenvalue weighted by Gasteiger charge is -2.06. The van der Waals surface area contributed by atoms with Gasteiger partial charge < -0.3 is 15.1 Å². The molecule has 0 saturated carbocycles. The van der Waals surface area contributed by atoms with E-state index in [-0.39, 0.29) is 12.5 Å². The summed E-state index contributed by atoms with van der Waals surface area (Å²) in [4.78, 5) is 33.0. The van der Waals surface area contributed by atoms with Crippen LogP contribution in [0.1, 0.15) is 29.0 Å². The van der Waals surface area contributed by atoms with Gasteiger partial charge in [0.2, 0.25) is 11.8 Å². The third-order valence-electron chi connectivity index (χ3n) is 5.16. The summed E-state index contributed by atoms with van der Waals surface area (Å²) in [5.74, 6) is 5.92. The van der Waals surface area contributed by atoms with E-state index < -0.39 is 5.91 Å². The Labute approximate surface area is 203 Å². The molecule has 2 heterocycles. The number of carbonyl (C=O) groups is 2. The van der Waals surface area contributed by atoms with Gasteiger partial charge in [0, 0.05) is 41.5 Å². The van der Waals surface area contributed by atoms with Crippen molar-refractivity contribution in [2.45, 2.75) is 26.3 Å². The van der Waals surface area contributed by atoms with Gasteiger partial charge in [-0.25, -0.2) is 4.98 Å². The van der Waals surface area contributed by atoms with E-state index in [4.69, 9.17) is 4.42 Å².